The quantitative estimate of drug-likeness (QED) is 0.553. The molecule has 0 amide bonds. The first-order chi connectivity index (χ1) is 4.29. The van der Waals surface area contributed by atoms with Crippen LogP contribution in [0.4, 0.5) is 0 Å². The fourth-order valence-electron chi connectivity index (χ4n) is 0.422. The van der Waals surface area contributed by atoms with Crippen LogP contribution < -0.4 is 0 Å². The normalized spacial score (nSPS) is 8.00. The van der Waals surface area contributed by atoms with E-state index >= 15 is 0 Å². The van der Waals surface area contributed by atoms with Crippen LogP contribution in [0.1, 0.15) is 18.7 Å². The van der Waals surface area contributed by atoms with Gasteiger partial charge in [0.2, 0.25) is 0 Å². The van der Waals surface area contributed by atoms with Gasteiger partial charge in [-0.2, -0.15) is 0 Å². The fourth-order valence-corrected chi connectivity index (χ4v) is 1.53. The van der Waals surface area contributed by atoms with Crippen molar-refractivity contribution < 1.29 is 0 Å². The summed E-state index contributed by atoms with van der Waals surface area (Å²) in [7, 11) is 0. The summed E-state index contributed by atoms with van der Waals surface area (Å²) in [6.45, 7) is 6.07. The van der Waals surface area contributed by atoms with Crippen molar-refractivity contribution in [1.29, 1.82) is 0 Å². The highest BCUT2D eigenvalue weighted by atomic mass is 32.2. The molecule has 0 N–H and O–H groups in total. The Bertz CT molecular complexity index is 139. The second-order valence-electron chi connectivity index (χ2n) is 1.38. The molecule has 0 aliphatic heterocycles. The Morgan fingerprint density at radius 1 is 1.33 bits per heavy atom. The van der Waals surface area contributed by atoms with Gasteiger partial charge in [-0.1, -0.05) is 13.8 Å². The highest BCUT2D eigenvalue weighted by Crippen LogP contribution is 2.17. The van der Waals surface area contributed by atoms with Crippen LogP contribution in [-0.4, -0.2) is 0 Å². The van der Waals surface area contributed by atoms with Gasteiger partial charge in [-0.15, -0.1) is 24.0 Å². The summed E-state index contributed by atoms with van der Waals surface area (Å²) < 4.78 is 1.09. The third-order valence-electron chi connectivity index (χ3n) is 0.726. The van der Waals surface area contributed by atoms with Crippen LogP contribution in [0.5, 0.6) is 0 Å². The molecule has 0 saturated heterocycles. The van der Waals surface area contributed by atoms with Crippen LogP contribution in [0.2, 0.25) is 0 Å². The van der Waals surface area contributed by atoms with Crippen molar-refractivity contribution in [3.8, 4) is 0 Å². The lowest BCUT2D eigenvalue weighted by atomic mass is 10.5. The first-order valence-corrected chi connectivity index (χ1v) is 4.31. The highest BCUT2D eigenvalue weighted by Gasteiger charge is 1.85. The van der Waals surface area contributed by atoms with E-state index in [4.69, 9.17) is 0 Å². The number of aryl methyl sites for hydroxylation is 1. The van der Waals surface area contributed by atoms with Gasteiger partial charge < -0.3 is 0 Å². The molecule has 0 nitrogen and oxygen atoms in total. The molecule has 0 atom stereocenters. The van der Waals surface area contributed by atoms with Crippen molar-refractivity contribution in [2.24, 2.45) is 0 Å². The number of hydrogen-bond acceptors (Lipinski definition) is 2. The third-order valence-corrected chi connectivity index (χ3v) is 1.95. The lowest BCUT2D eigenvalue weighted by Gasteiger charge is -1.70. The number of rotatable bonds is 0. The summed E-state index contributed by atoms with van der Waals surface area (Å²) >= 11 is 5.83. The van der Waals surface area contributed by atoms with Gasteiger partial charge in [0, 0.05) is 4.88 Å². The summed E-state index contributed by atoms with van der Waals surface area (Å²) in [4.78, 5) is 1.32. The van der Waals surface area contributed by atoms with Crippen molar-refractivity contribution in [1.82, 2.24) is 0 Å². The van der Waals surface area contributed by atoms with Gasteiger partial charge in [0.25, 0.3) is 0 Å². The van der Waals surface area contributed by atoms with E-state index in [-0.39, 0.29) is 0 Å². The van der Waals surface area contributed by atoms with E-state index in [1.807, 2.05) is 19.9 Å². The standard InChI is InChI=1S/C5H6S2.C2H6/c1-4-2-3-5(6)7-4;1-2/h2-3,6H,1H3;1-2H3. The van der Waals surface area contributed by atoms with E-state index < -0.39 is 0 Å². The first-order valence-electron chi connectivity index (χ1n) is 3.04. The number of hydrogen-bond donors (Lipinski definition) is 1. The average Bonchev–Trinajstić information content (AvgIpc) is 2.20. The van der Waals surface area contributed by atoms with Crippen molar-refractivity contribution in [3.63, 3.8) is 0 Å². The number of thiophene rings is 1. The molecular formula is C7H12S2. The second-order valence-corrected chi connectivity index (χ2v) is 3.46. The molecule has 0 fully saturated rings. The van der Waals surface area contributed by atoms with Crippen LogP contribution in [0.15, 0.2) is 16.3 Å². The fraction of sp³-hybridized carbons (Fsp3) is 0.429. The molecule has 2 heteroatoms. The molecule has 1 aromatic heterocycles. The largest absolute Gasteiger partial charge is 0.135 e. The van der Waals surface area contributed by atoms with Crippen molar-refractivity contribution >= 4 is 24.0 Å². The van der Waals surface area contributed by atoms with Crippen LogP contribution in [-0.2, 0) is 0 Å². The lowest BCUT2D eigenvalue weighted by Crippen LogP contribution is -1.43. The maximum Gasteiger partial charge on any atom is 0.0570 e. The summed E-state index contributed by atoms with van der Waals surface area (Å²) in [6, 6.07) is 4.07. The van der Waals surface area contributed by atoms with Crippen LogP contribution in [0, 0.1) is 6.92 Å². The summed E-state index contributed by atoms with van der Waals surface area (Å²) in [5.41, 5.74) is 0. The zero-order valence-corrected chi connectivity index (χ0v) is 7.72. The van der Waals surface area contributed by atoms with Crippen molar-refractivity contribution in [3.05, 3.63) is 17.0 Å². The maximum atomic E-state index is 4.12. The zero-order valence-electron chi connectivity index (χ0n) is 6.01. The van der Waals surface area contributed by atoms with Gasteiger partial charge in [0.15, 0.2) is 0 Å². The molecular weight excluding hydrogens is 148 g/mol. The minimum atomic E-state index is 1.09. The molecule has 0 bridgehead atoms. The Morgan fingerprint density at radius 3 is 2.00 bits per heavy atom. The molecule has 1 rings (SSSR count). The van der Waals surface area contributed by atoms with E-state index in [2.05, 4.69) is 25.6 Å². The van der Waals surface area contributed by atoms with E-state index in [0.717, 1.165) is 4.21 Å². The Balaban J connectivity index is 0.000000291. The van der Waals surface area contributed by atoms with Crippen molar-refractivity contribution in [2.75, 3.05) is 0 Å². The Morgan fingerprint density at radius 2 is 1.89 bits per heavy atom. The van der Waals surface area contributed by atoms with E-state index in [1.54, 1.807) is 11.3 Å². The van der Waals surface area contributed by atoms with Crippen molar-refractivity contribution in [2.45, 2.75) is 25.0 Å². The second kappa shape index (κ2) is 4.89. The topological polar surface area (TPSA) is 0 Å². The molecule has 1 heterocycles. The molecule has 1 aromatic rings. The predicted molar refractivity (Wildman–Crippen MR) is 47.7 cm³/mol. The molecule has 52 valence electrons. The van der Waals surface area contributed by atoms with E-state index in [1.165, 1.54) is 4.88 Å². The van der Waals surface area contributed by atoms with Gasteiger partial charge in [-0.3, -0.25) is 0 Å². The first kappa shape index (κ1) is 9.05. The van der Waals surface area contributed by atoms with Gasteiger partial charge >= 0.3 is 0 Å². The molecule has 0 unspecified atom stereocenters. The maximum absolute atomic E-state index is 4.12. The smallest absolute Gasteiger partial charge is 0.0570 e. The monoisotopic (exact) mass is 160 g/mol. The van der Waals surface area contributed by atoms with Crippen LogP contribution in [0.25, 0.3) is 0 Å². The van der Waals surface area contributed by atoms with E-state index in [9.17, 15) is 0 Å². The molecule has 0 saturated carbocycles. The Kier molecular flexibility index (Phi) is 4.91. The molecule has 0 radical (unpaired) electrons. The van der Waals surface area contributed by atoms with Gasteiger partial charge in [0.1, 0.15) is 0 Å². The van der Waals surface area contributed by atoms with Gasteiger partial charge in [-0.25, -0.2) is 0 Å². The van der Waals surface area contributed by atoms with Gasteiger partial charge in [-0.05, 0) is 19.1 Å². The predicted octanol–water partition coefficient (Wildman–Crippen LogP) is 3.37. The summed E-state index contributed by atoms with van der Waals surface area (Å²) in [6.07, 6.45) is 0. The molecule has 0 aromatic carbocycles. The summed E-state index contributed by atoms with van der Waals surface area (Å²) in [5.74, 6) is 0. The highest BCUT2D eigenvalue weighted by molar-refractivity contribution is 7.82. The van der Waals surface area contributed by atoms with E-state index in [0.29, 0.717) is 0 Å². The zero-order chi connectivity index (χ0) is 7.28. The molecule has 0 aliphatic rings. The van der Waals surface area contributed by atoms with Gasteiger partial charge in [0.05, 0.1) is 4.21 Å². The van der Waals surface area contributed by atoms with Crippen LogP contribution >= 0.6 is 24.0 Å². The average molecular weight is 160 g/mol. The summed E-state index contributed by atoms with van der Waals surface area (Å²) in [5, 5.41) is 0. The Hall–Kier alpha value is 0.0500. The minimum absolute atomic E-state index is 1.09. The minimum Gasteiger partial charge on any atom is -0.135 e. The molecule has 0 aliphatic carbocycles. The third kappa shape index (κ3) is 3.60. The number of thiol groups is 1. The lowest BCUT2D eigenvalue weighted by molar-refractivity contribution is 1.50. The molecule has 9 heavy (non-hydrogen) atoms. The SMILES string of the molecule is CC.Cc1ccc(S)s1. The Labute approximate surface area is 66.3 Å². The molecule has 0 spiro atoms. The van der Waals surface area contributed by atoms with Crippen LogP contribution in [0.3, 0.4) is 0 Å².